The second-order valence-electron chi connectivity index (χ2n) is 5.29. The van der Waals surface area contributed by atoms with Gasteiger partial charge in [0.05, 0.1) is 13.1 Å². The lowest BCUT2D eigenvalue weighted by molar-refractivity contribution is -0.155. The first-order valence-corrected chi connectivity index (χ1v) is 7.05. The van der Waals surface area contributed by atoms with Gasteiger partial charge in [0, 0.05) is 6.61 Å². The summed E-state index contributed by atoms with van der Waals surface area (Å²) in [6.45, 7) is 1.84. The van der Waals surface area contributed by atoms with E-state index in [4.69, 9.17) is 9.47 Å². The molecular formula is C15H18FNO3. The summed E-state index contributed by atoms with van der Waals surface area (Å²) in [5, 5.41) is 0. The van der Waals surface area contributed by atoms with E-state index in [1.54, 1.807) is 17.0 Å². The molecule has 0 unspecified atom stereocenters. The molecule has 20 heavy (non-hydrogen) atoms. The molecule has 108 valence electrons. The zero-order valence-electron chi connectivity index (χ0n) is 11.3. The molecule has 2 aliphatic rings. The molecule has 2 fully saturated rings. The molecule has 0 N–H and O–H groups in total. The number of carbonyl (C=O) groups excluding carboxylic acids is 1. The molecule has 0 radical (unpaired) electrons. The van der Waals surface area contributed by atoms with Gasteiger partial charge < -0.3 is 14.4 Å². The standard InChI is InChI=1S/C15H18FNO3/c16-11-4-6-12(7-5-11)20-13-9-17(10-13)15(18)14-3-1-2-8-19-14/h4-7,13-14H,1-3,8-10H2/t14-/m1/s1. The quantitative estimate of drug-likeness (QED) is 0.849. The zero-order chi connectivity index (χ0) is 13.9. The van der Waals surface area contributed by atoms with E-state index in [2.05, 4.69) is 0 Å². The maximum Gasteiger partial charge on any atom is 0.251 e. The molecule has 1 amide bonds. The van der Waals surface area contributed by atoms with Gasteiger partial charge in [-0.15, -0.1) is 0 Å². The van der Waals surface area contributed by atoms with E-state index in [-0.39, 0.29) is 23.9 Å². The number of carbonyl (C=O) groups is 1. The minimum atomic E-state index is -0.280. The lowest BCUT2D eigenvalue weighted by Crippen LogP contribution is -2.59. The van der Waals surface area contributed by atoms with Gasteiger partial charge in [0.1, 0.15) is 23.8 Å². The van der Waals surface area contributed by atoms with Gasteiger partial charge in [-0.2, -0.15) is 0 Å². The van der Waals surface area contributed by atoms with Crippen molar-refractivity contribution in [2.75, 3.05) is 19.7 Å². The van der Waals surface area contributed by atoms with Crippen LogP contribution in [0.5, 0.6) is 5.75 Å². The predicted octanol–water partition coefficient (Wildman–Crippen LogP) is 1.98. The highest BCUT2D eigenvalue weighted by atomic mass is 19.1. The van der Waals surface area contributed by atoms with Crippen molar-refractivity contribution in [2.45, 2.75) is 31.5 Å². The molecule has 0 saturated carbocycles. The van der Waals surface area contributed by atoms with Crippen LogP contribution in [0, 0.1) is 5.82 Å². The molecule has 0 bridgehead atoms. The Balaban J connectivity index is 1.46. The lowest BCUT2D eigenvalue weighted by atomic mass is 10.0. The van der Waals surface area contributed by atoms with E-state index in [0.29, 0.717) is 25.4 Å². The first-order valence-electron chi connectivity index (χ1n) is 7.05. The van der Waals surface area contributed by atoms with Crippen LogP contribution in [0.25, 0.3) is 0 Å². The predicted molar refractivity (Wildman–Crippen MR) is 71.0 cm³/mol. The number of benzene rings is 1. The summed E-state index contributed by atoms with van der Waals surface area (Å²) in [6.07, 6.45) is 2.64. The number of nitrogens with zero attached hydrogens (tertiary/aromatic N) is 1. The summed E-state index contributed by atoms with van der Waals surface area (Å²) in [6, 6.07) is 5.94. The molecule has 3 rings (SSSR count). The average molecular weight is 279 g/mol. The monoisotopic (exact) mass is 279 g/mol. The molecular weight excluding hydrogens is 261 g/mol. The van der Waals surface area contributed by atoms with Gasteiger partial charge in [0.15, 0.2) is 0 Å². The van der Waals surface area contributed by atoms with Gasteiger partial charge in [-0.05, 0) is 43.5 Å². The molecule has 2 heterocycles. The van der Waals surface area contributed by atoms with Gasteiger partial charge in [-0.1, -0.05) is 0 Å². The average Bonchev–Trinajstić information content (AvgIpc) is 2.45. The smallest absolute Gasteiger partial charge is 0.251 e. The maximum absolute atomic E-state index is 12.8. The van der Waals surface area contributed by atoms with Gasteiger partial charge in [-0.3, -0.25) is 4.79 Å². The van der Waals surface area contributed by atoms with Crippen molar-refractivity contribution in [3.63, 3.8) is 0 Å². The number of hydrogen-bond acceptors (Lipinski definition) is 3. The fraction of sp³-hybridized carbons (Fsp3) is 0.533. The number of halogens is 1. The maximum atomic E-state index is 12.8. The highest BCUT2D eigenvalue weighted by molar-refractivity contribution is 5.81. The summed E-state index contributed by atoms with van der Waals surface area (Å²) in [7, 11) is 0. The first kappa shape index (κ1) is 13.4. The molecule has 4 nitrogen and oxygen atoms in total. The highest BCUT2D eigenvalue weighted by Crippen LogP contribution is 2.22. The molecule has 1 aromatic rings. The molecule has 0 aromatic heterocycles. The van der Waals surface area contributed by atoms with Crippen molar-refractivity contribution < 1.29 is 18.7 Å². The van der Waals surface area contributed by atoms with Crippen LogP contribution in [-0.2, 0) is 9.53 Å². The Kier molecular flexibility index (Phi) is 3.87. The summed E-state index contributed by atoms with van der Waals surface area (Å²) in [4.78, 5) is 13.9. The minimum Gasteiger partial charge on any atom is -0.487 e. The summed E-state index contributed by atoms with van der Waals surface area (Å²) < 4.78 is 23.9. The van der Waals surface area contributed by atoms with Gasteiger partial charge in [0.2, 0.25) is 0 Å². The fourth-order valence-corrected chi connectivity index (χ4v) is 2.54. The third-order valence-corrected chi connectivity index (χ3v) is 3.73. The number of rotatable bonds is 3. The number of hydrogen-bond donors (Lipinski definition) is 0. The molecule has 1 aromatic carbocycles. The Morgan fingerprint density at radius 2 is 2.00 bits per heavy atom. The van der Waals surface area contributed by atoms with Crippen LogP contribution < -0.4 is 4.74 Å². The summed E-state index contributed by atoms with van der Waals surface area (Å²) in [5.41, 5.74) is 0. The summed E-state index contributed by atoms with van der Waals surface area (Å²) in [5.74, 6) is 0.429. The van der Waals surface area contributed by atoms with E-state index >= 15 is 0 Å². The second kappa shape index (κ2) is 5.79. The third-order valence-electron chi connectivity index (χ3n) is 3.73. The van der Waals surface area contributed by atoms with E-state index in [1.807, 2.05) is 0 Å². The van der Waals surface area contributed by atoms with E-state index in [9.17, 15) is 9.18 Å². The van der Waals surface area contributed by atoms with Crippen molar-refractivity contribution >= 4 is 5.91 Å². The van der Waals surface area contributed by atoms with Crippen LogP contribution in [0.15, 0.2) is 24.3 Å². The van der Waals surface area contributed by atoms with Gasteiger partial charge in [0.25, 0.3) is 5.91 Å². The lowest BCUT2D eigenvalue weighted by Gasteiger charge is -2.41. The van der Waals surface area contributed by atoms with Crippen LogP contribution in [0.4, 0.5) is 4.39 Å². The van der Waals surface area contributed by atoms with Crippen LogP contribution in [0.1, 0.15) is 19.3 Å². The van der Waals surface area contributed by atoms with E-state index in [0.717, 1.165) is 19.3 Å². The fourth-order valence-electron chi connectivity index (χ4n) is 2.54. The SMILES string of the molecule is O=C([C@H]1CCCCO1)N1CC(Oc2ccc(F)cc2)C1. The minimum absolute atomic E-state index is 0.00648. The van der Waals surface area contributed by atoms with Crippen LogP contribution in [-0.4, -0.2) is 42.7 Å². The van der Waals surface area contributed by atoms with E-state index < -0.39 is 0 Å². The first-order chi connectivity index (χ1) is 9.72. The Bertz CT molecular complexity index is 465. The summed E-state index contributed by atoms with van der Waals surface area (Å²) >= 11 is 0. The van der Waals surface area contributed by atoms with Crippen molar-refractivity contribution in [3.8, 4) is 5.75 Å². The van der Waals surface area contributed by atoms with Crippen molar-refractivity contribution in [1.82, 2.24) is 4.90 Å². The Hall–Kier alpha value is -1.62. The molecule has 1 atom stereocenters. The van der Waals surface area contributed by atoms with Crippen molar-refractivity contribution in [3.05, 3.63) is 30.1 Å². The Morgan fingerprint density at radius 3 is 2.65 bits per heavy atom. The topological polar surface area (TPSA) is 38.8 Å². The molecule has 2 saturated heterocycles. The highest BCUT2D eigenvalue weighted by Gasteiger charge is 2.36. The molecule has 5 heteroatoms. The van der Waals surface area contributed by atoms with E-state index in [1.165, 1.54) is 12.1 Å². The normalized spacial score (nSPS) is 23.2. The number of likely N-dealkylation sites (tertiary alicyclic amines) is 1. The number of amides is 1. The largest absolute Gasteiger partial charge is 0.487 e. The van der Waals surface area contributed by atoms with Crippen molar-refractivity contribution in [2.24, 2.45) is 0 Å². The van der Waals surface area contributed by atoms with Crippen LogP contribution in [0.3, 0.4) is 0 Å². The van der Waals surface area contributed by atoms with Gasteiger partial charge in [-0.25, -0.2) is 4.39 Å². The second-order valence-corrected chi connectivity index (χ2v) is 5.29. The van der Waals surface area contributed by atoms with Crippen LogP contribution in [0.2, 0.25) is 0 Å². The Labute approximate surface area is 117 Å². The Morgan fingerprint density at radius 1 is 1.25 bits per heavy atom. The van der Waals surface area contributed by atoms with Crippen LogP contribution >= 0.6 is 0 Å². The molecule has 0 spiro atoms. The van der Waals surface area contributed by atoms with Gasteiger partial charge >= 0.3 is 0 Å². The van der Waals surface area contributed by atoms with Crippen molar-refractivity contribution in [1.29, 1.82) is 0 Å². The number of ether oxygens (including phenoxy) is 2. The molecule has 2 aliphatic heterocycles. The third kappa shape index (κ3) is 2.93. The molecule has 0 aliphatic carbocycles. The zero-order valence-corrected chi connectivity index (χ0v) is 11.3.